The Kier molecular flexibility index (Phi) is 5.88. The van der Waals surface area contributed by atoms with Gasteiger partial charge in [0.15, 0.2) is 6.61 Å². The van der Waals surface area contributed by atoms with E-state index in [0.29, 0.717) is 0 Å². The Morgan fingerprint density at radius 2 is 2.15 bits per heavy atom. The van der Waals surface area contributed by atoms with E-state index < -0.39 is 5.97 Å². The zero-order chi connectivity index (χ0) is 18.5. The first-order valence-corrected chi connectivity index (χ1v) is 9.60. The summed E-state index contributed by atoms with van der Waals surface area (Å²) in [6.07, 6.45) is 3.00. The third-order valence-corrected chi connectivity index (χ3v) is 5.47. The maximum atomic E-state index is 12.1. The van der Waals surface area contributed by atoms with Crippen molar-refractivity contribution in [1.29, 1.82) is 0 Å². The number of fused-ring (bicyclic) bond motifs is 1. The predicted octanol–water partition coefficient (Wildman–Crippen LogP) is 2.35. The molecule has 0 saturated carbocycles. The Morgan fingerprint density at radius 3 is 2.92 bits per heavy atom. The molecule has 3 rings (SSSR count). The van der Waals surface area contributed by atoms with Gasteiger partial charge in [-0.3, -0.25) is 14.4 Å². The molecule has 1 heterocycles. The number of thiazole rings is 1. The topological polar surface area (TPSA) is 77.4 Å². The van der Waals surface area contributed by atoms with Gasteiger partial charge in [-0.1, -0.05) is 35.6 Å². The number of nitrogens with zero attached hydrogens (tertiary/aromatic N) is 1. The van der Waals surface area contributed by atoms with Crippen LogP contribution in [0.3, 0.4) is 0 Å². The second kappa shape index (κ2) is 8.31. The van der Waals surface area contributed by atoms with E-state index >= 15 is 0 Å². The standard InChI is InChI=1S/C19H22N2O4S/c1-13-12-26-19(24)21(13)10-9-18(23)25-11-17(22)20-16-8-4-6-14-5-2-3-7-15(14)16/h2-3,5,7,12,16H,4,6,8-11H2,1H3,(H,20,22)/t16-/m0/s1. The Hall–Kier alpha value is -2.41. The second-order valence-electron chi connectivity index (χ2n) is 6.42. The van der Waals surface area contributed by atoms with Crippen LogP contribution in [-0.2, 0) is 27.3 Å². The lowest BCUT2D eigenvalue weighted by atomic mass is 9.88. The molecule has 1 aliphatic rings. The number of hydrogen-bond donors (Lipinski definition) is 1. The van der Waals surface area contributed by atoms with Crippen LogP contribution in [0, 0.1) is 6.92 Å². The summed E-state index contributed by atoms with van der Waals surface area (Å²) in [5, 5.41) is 4.70. The summed E-state index contributed by atoms with van der Waals surface area (Å²) in [4.78, 5) is 35.5. The number of carbonyl (C=O) groups excluding carboxylic acids is 2. The van der Waals surface area contributed by atoms with Crippen LogP contribution >= 0.6 is 11.3 Å². The van der Waals surface area contributed by atoms with Gasteiger partial charge in [-0.05, 0) is 37.3 Å². The van der Waals surface area contributed by atoms with Crippen molar-refractivity contribution in [3.8, 4) is 0 Å². The van der Waals surface area contributed by atoms with Crippen LogP contribution in [0.5, 0.6) is 0 Å². The van der Waals surface area contributed by atoms with Gasteiger partial charge in [0.2, 0.25) is 0 Å². The summed E-state index contributed by atoms with van der Waals surface area (Å²) in [5.74, 6) is -0.786. The van der Waals surface area contributed by atoms with Crippen LogP contribution in [0.2, 0.25) is 0 Å². The zero-order valence-corrected chi connectivity index (χ0v) is 15.5. The quantitative estimate of drug-likeness (QED) is 0.788. The maximum Gasteiger partial charge on any atom is 0.308 e. The normalized spacial score (nSPS) is 16.0. The number of hydrogen-bond acceptors (Lipinski definition) is 5. The monoisotopic (exact) mass is 374 g/mol. The van der Waals surface area contributed by atoms with E-state index in [9.17, 15) is 14.4 Å². The average molecular weight is 374 g/mol. The van der Waals surface area contributed by atoms with Gasteiger partial charge in [0, 0.05) is 17.6 Å². The van der Waals surface area contributed by atoms with Gasteiger partial charge in [-0.15, -0.1) is 0 Å². The fourth-order valence-electron chi connectivity index (χ4n) is 3.24. The largest absolute Gasteiger partial charge is 0.456 e. The van der Waals surface area contributed by atoms with Gasteiger partial charge < -0.3 is 14.6 Å². The summed E-state index contributed by atoms with van der Waals surface area (Å²) in [5.41, 5.74) is 3.23. The molecule has 1 atom stereocenters. The number of carbonyl (C=O) groups is 2. The summed E-state index contributed by atoms with van der Waals surface area (Å²) >= 11 is 1.11. The summed E-state index contributed by atoms with van der Waals surface area (Å²) in [6, 6.07) is 8.07. The lowest BCUT2D eigenvalue weighted by molar-refractivity contribution is -0.149. The molecule has 1 aromatic heterocycles. The molecule has 0 spiro atoms. The molecule has 1 N–H and O–H groups in total. The average Bonchev–Trinajstić information content (AvgIpc) is 2.96. The number of aromatic nitrogens is 1. The molecule has 2 aromatic rings. The molecule has 1 aliphatic carbocycles. The van der Waals surface area contributed by atoms with Crippen molar-refractivity contribution < 1.29 is 14.3 Å². The summed E-state index contributed by atoms with van der Waals surface area (Å²) in [7, 11) is 0. The SMILES string of the molecule is Cc1csc(=O)n1CCC(=O)OCC(=O)N[C@H]1CCCc2ccccc21. The highest BCUT2D eigenvalue weighted by molar-refractivity contribution is 7.07. The van der Waals surface area contributed by atoms with Crippen molar-refractivity contribution in [3.05, 3.63) is 56.1 Å². The zero-order valence-electron chi connectivity index (χ0n) is 14.7. The number of nitrogens with one attached hydrogen (secondary N) is 1. The molecule has 0 saturated heterocycles. The van der Waals surface area contributed by atoms with Crippen LogP contribution in [-0.4, -0.2) is 23.1 Å². The molecule has 1 aromatic carbocycles. The predicted molar refractivity (Wildman–Crippen MR) is 99.2 cm³/mol. The highest BCUT2D eigenvalue weighted by Gasteiger charge is 2.21. The molecule has 7 heteroatoms. The number of benzene rings is 1. The van der Waals surface area contributed by atoms with Gasteiger partial charge in [0.1, 0.15) is 0 Å². The first-order chi connectivity index (χ1) is 12.5. The van der Waals surface area contributed by atoms with Crippen LogP contribution < -0.4 is 10.2 Å². The summed E-state index contributed by atoms with van der Waals surface area (Å²) < 4.78 is 6.58. The molecule has 0 fully saturated rings. The Balaban J connectivity index is 1.46. The maximum absolute atomic E-state index is 12.1. The van der Waals surface area contributed by atoms with Crippen LogP contribution in [0.4, 0.5) is 0 Å². The third kappa shape index (κ3) is 4.40. The number of ether oxygens (including phenoxy) is 1. The van der Waals surface area contributed by atoms with Gasteiger partial charge in [-0.2, -0.15) is 0 Å². The highest BCUT2D eigenvalue weighted by Crippen LogP contribution is 2.29. The van der Waals surface area contributed by atoms with Gasteiger partial charge in [0.05, 0.1) is 12.5 Å². The van der Waals surface area contributed by atoms with Gasteiger partial charge in [0.25, 0.3) is 5.91 Å². The van der Waals surface area contributed by atoms with E-state index in [2.05, 4.69) is 11.4 Å². The Bertz CT molecular complexity index is 855. The molecule has 0 aliphatic heterocycles. The third-order valence-electron chi connectivity index (χ3n) is 4.58. The van der Waals surface area contributed by atoms with Crippen molar-refractivity contribution in [2.24, 2.45) is 0 Å². The van der Waals surface area contributed by atoms with Crippen LogP contribution in [0.15, 0.2) is 34.4 Å². The van der Waals surface area contributed by atoms with Crippen molar-refractivity contribution >= 4 is 23.2 Å². The van der Waals surface area contributed by atoms with E-state index in [1.54, 1.807) is 5.38 Å². The number of aryl methyl sites for hydroxylation is 2. The lowest BCUT2D eigenvalue weighted by Gasteiger charge is -2.26. The molecule has 0 bridgehead atoms. The molecule has 138 valence electrons. The minimum absolute atomic E-state index is 0.0295. The lowest BCUT2D eigenvalue weighted by Crippen LogP contribution is -2.34. The molecular formula is C19H22N2O4S. The molecular weight excluding hydrogens is 352 g/mol. The first-order valence-electron chi connectivity index (χ1n) is 8.72. The van der Waals surface area contributed by atoms with E-state index in [1.807, 2.05) is 25.1 Å². The van der Waals surface area contributed by atoms with E-state index in [-0.39, 0.29) is 36.4 Å². The molecule has 0 radical (unpaired) electrons. The van der Waals surface area contributed by atoms with E-state index in [0.717, 1.165) is 41.9 Å². The smallest absolute Gasteiger partial charge is 0.308 e. The van der Waals surface area contributed by atoms with Crippen molar-refractivity contribution in [1.82, 2.24) is 9.88 Å². The fraction of sp³-hybridized carbons (Fsp3) is 0.421. The van der Waals surface area contributed by atoms with Crippen LogP contribution in [0.1, 0.15) is 42.1 Å². The number of esters is 1. The summed E-state index contributed by atoms with van der Waals surface area (Å²) in [6.45, 7) is 1.79. The van der Waals surface area contributed by atoms with Crippen molar-refractivity contribution in [2.75, 3.05) is 6.61 Å². The number of rotatable bonds is 6. The Morgan fingerprint density at radius 1 is 1.35 bits per heavy atom. The van der Waals surface area contributed by atoms with Crippen molar-refractivity contribution in [2.45, 2.75) is 45.2 Å². The van der Waals surface area contributed by atoms with E-state index in [4.69, 9.17) is 4.74 Å². The fourth-order valence-corrected chi connectivity index (χ4v) is 4.00. The number of amides is 1. The van der Waals surface area contributed by atoms with Gasteiger partial charge in [-0.25, -0.2) is 0 Å². The molecule has 6 nitrogen and oxygen atoms in total. The van der Waals surface area contributed by atoms with Crippen LogP contribution in [0.25, 0.3) is 0 Å². The highest BCUT2D eigenvalue weighted by atomic mass is 32.1. The minimum Gasteiger partial charge on any atom is -0.456 e. The van der Waals surface area contributed by atoms with E-state index in [1.165, 1.54) is 10.1 Å². The first kappa shape index (κ1) is 18.4. The van der Waals surface area contributed by atoms with Crippen molar-refractivity contribution in [3.63, 3.8) is 0 Å². The molecule has 1 amide bonds. The second-order valence-corrected chi connectivity index (χ2v) is 7.24. The Labute approximate surface area is 155 Å². The molecule has 0 unspecified atom stereocenters. The molecule has 26 heavy (non-hydrogen) atoms. The minimum atomic E-state index is -0.485. The van der Waals surface area contributed by atoms with Gasteiger partial charge >= 0.3 is 10.8 Å².